The van der Waals surface area contributed by atoms with Gasteiger partial charge in [-0.15, -0.1) is 11.6 Å². The molecule has 0 amide bonds. The SMILES string of the molecule is OO[S+]1CCCC(Cl)C1. The van der Waals surface area contributed by atoms with Crippen molar-refractivity contribution < 1.29 is 9.59 Å². The highest BCUT2D eigenvalue weighted by Gasteiger charge is 2.30. The molecule has 9 heavy (non-hydrogen) atoms. The zero-order valence-electron chi connectivity index (χ0n) is 5.05. The number of alkyl halides is 1. The fourth-order valence-corrected chi connectivity index (χ4v) is 2.84. The van der Waals surface area contributed by atoms with Crippen LogP contribution in [0.1, 0.15) is 12.8 Å². The molecule has 1 heterocycles. The Morgan fingerprint density at radius 3 is 2.89 bits per heavy atom. The van der Waals surface area contributed by atoms with Crippen molar-refractivity contribution in [1.29, 1.82) is 0 Å². The lowest BCUT2D eigenvalue weighted by atomic mass is 10.3. The molecule has 0 aromatic heterocycles. The summed E-state index contributed by atoms with van der Waals surface area (Å²) in [6.45, 7) is 0. The van der Waals surface area contributed by atoms with E-state index < -0.39 is 0 Å². The molecule has 0 aliphatic carbocycles. The molecule has 1 fully saturated rings. The van der Waals surface area contributed by atoms with E-state index in [1.165, 1.54) is 0 Å². The van der Waals surface area contributed by atoms with Crippen molar-refractivity contribution in [1.82, 2.24) is 0 Å². The van der Waals surface area contributed by atoms with E-state index in [9.17, 15) is 0 Å². The molecular weight excluding hydrogens is 160 g/mol. The summed E-state index contributed by atoms with van der Waals surface area (Å²) < 4.78 is 4.20. The van der Waals surface area contributed by atoms with Gasteiger partial charge in [0.1, 0.15) is 5.75 Å². The lowest BCUT2D eigenvalue weighted by molar-refractivity contribution is -0.122. The van der Waals surface area contributed by atoms with Gasteiger partial charge in [0.15, 0.2) is 16.9 Å². The molecule has 4 heteroatoms. The molecule has 0 spiro atoms. The van der Waals surface area contributed by atoms with Crippen molar-refractivity contribution in [2.75, 3.05) is 11.5 Å². The van der Waals surface area contributed by atoms with Crippen LogP contribution in [-0.2, 0) is 15.5 Å². The van der Waals surface area contributed by atoms with E-state index in [4.69, 9.17) is 16.9 Å². The first kappa shape index (κ1) is 7.66. The molecule has 1 aliphatic heterocycles. The Morgan fingerprint density at radius 2 is 2.44 bits per heavy atom. The maximum absolute atomic E-state index is 8.26. The lowest BCUT2D eigenvalue weighted by Crippen LogP contribution is -2.26. The molecule has 0 saturated carbocycles. The Labute approximate surface area is 62.6 Å². The van der Waals surface area contributed by atoms with Crippen LogP contribution < -0.4 is 0 Å². The van der Waals surface area contributed by atoms with Crippen molar-refractivity contribution in [2.24, 2.45) is 0 Å². The molecule has 1 rings (SSSR count). The van der Waals surface area contributed by atoms with Gasteiger partial charge in [-0.25, -0.2) is 5.26 Å². The predicted octanol–water partition coefficient (Wildman–Crippen LogP) is 1.41. The van der Waals surface area contributed by atoms with Crippen molar-refractivity contribution in [3.05, 3.63) is 0 Å². The van der Waals surface area contributed by atoms with Crippen LogP contribution in [0.15, 0.2) is 0 Å². The topological polar surface area (TPSA) is 29.5 Å². The molecular formula is C5H10ClO2S+. The van der Waals surface area contributed by atoms with Gasteiger partial charge in [-0.2, -0.15) is 0 Å². The molecule has 0 radical (unpaired) electrons. The zero-order chi connectivity index (χ0) is 6.69. The van der Waals surface area contributed by atoms with Gasteiger partial charge < -0.3 is 0 Å². The summed E-state index contributed by atoms with van der Waals surface area (Å²) in [6, 6.07) is 0. The zero-order valence-corrected chi connectivity index (χ0v) is 6.62. The van der Waals surface area contributed by atoms with Crippen LogP contribution in [-0.4, -0.2) is 22.1 Å². The fourth-order valence-electron chi connectivity index (χ4n) is 0.902. The van der Waals surface area contributed by atoms with Gasteiger partial charge in [0.25, 0.3) is 0 Å². The van der Waals surface area contributed by atoms with Crippen LogP contribution in [0.4, 0.5) is 0 Å². The van der Waals surface area contributed by atoms with Gasteiger partial charge in [-0.1, -0.05) is 0 Å². The minimum atomic E-state index is -0.258. The molecule has 54 valence electrons. The molecule has 0 aromatic carbocycles. The monoisotopic (exact) mass is 169 g/mol. The Bertz CT molecular complexity index is 91.0. The van der Waals surface area contributed by atoms with Crippen LogP contribution in [0, 0.1) is 0 Å². The number of halogens is 1. The average molecular weight is 170 g/mol. The largest absolute Gasteiger partial charge is 0.204 e. The van der Waals surface area contributed by atoms with Gasteiger partial charge in [0.05, 0.1) is 5.38 Å². The van der Waals surface area contributed by atoms with E-state index in [-0.39, 0.29) is 16.6 Å². The quantitative estimate of drug-likeness (QED) is 0.278. The highest BCUT2D eigenvalue weighted by Crippen LogP contribution is 2.18. The second-order valence-corrected chi connectivity index (χ2v) is 4.51. The first-order valence-corrected chi connectivity index (χ1v) is 4.89. The highest BCUT2D eigenvalue weighted by molar-refractivity contribution is 7.92. The van der Waals surface area contributed by atoms with Crippen molar-refractivity contribution in [2.45, 2.75) is 18.2 Å². The average Bonchev–Trinajstić information content (AvgIpc) is 1.88. The number of hydrogen-bond donors (Lipinski definition) is 1. The molecule has 2 atom stereocenters. The smallest absolute Gasteiger partial charge is 0.188 e. The van der Waals surface area contributed by atoms with Crippen LogP contribution in [0.3, 0.4) is 0 Å². The molecule has 2 unspecified atom stereocenters. The summed E-state index contributed by atoms with van der Waals surface area (Å²) in [5.74, 6) is 1.79. The molecule has 0 bridgehead atoms. The Kier molecular flexibility index (Phi) is 3.12. The van der Waals surface area contributed by atoms with Gasteiger partial charge in [-0.05, 0) is 17.2 Å². The van der Waals surface area contributed by atoms with E-state index in [0.29, 0.717) is 0 Å². The Balaban J connectivity index is 2.23. The van der Waals surface area contributed by atoms with Crippen LogP contribution in [0.25, 0.3) is 0 Å². The third kappa shape index (κ3) is 2.34. The second kappa shape index (κ2) is 3.66. The van der Waals surface area contributed by atoms with Crippen LogP contribution in [0.2, 0.25) is 0 Å². The van der Waals surface area contributed by atoms with E-state index in [0.717, 1.165) is 24.3 Å². The Hall–Kier alpha value is 0.560. The van der Waals surface area contributed by atoms with E-state index in [1.54, 1.807) is 0 Å². The third-order valence-corrected chi connectivity index (χ3v) is 3.65. The molecule has 0 aromatic rings. The summed E-state index contributed by atoms with van der Waals surface area (Å²) in [5.41, 5.74) is 0. The first-order valence-electron chi connectivity index (χ1n) is 2.96. The van der Waals surface area contributed by atoms with E-state index in [1.807, 2.05) is 0 Å². The minimum Gasteiger partial charge on any atom is -0.204 e. The maximum atomic E-state index is 8.26. The van der Waals surface area contributed by atoms with Crippen LogP contribution >= 0.6 is 11.6 Å². The maximum Gasteiger partial charge on any atom is 0.188 e. The first-order chi connectivity index (χ1) is 4.33. The standard InChI is InChI=1S/C5H9ClO2S/c6-5-2-1-3-9(4-5)8-7/h5H,1-4H2/p+1. The van der Waals surface area contributed by atoms with Gasteiger partial charge in [0, 0.05) is 0 Å². The van der Waals surface area contributed by atoms with Gasteiger partial charge in [-0.3, -0.25) is 0 Å². The van der Waals surface area contributed by atoms with Crippen LogP contribution in [0.5, 0.6) is 0 Å². The highest BCUT2D eigenvalue weighted by atomic mass is 35.5. The fraction of sp³-hybridized carbons (Fsp3) is 1.00. The molecule has 1 saturated heterocycles. The summed E-state index contributed by atoms with van der Waals surface area (Å²) >= 11 is 5.55. The summed E-state index contributed by atoms with van der Waals surface area (Å²) in [6.07, 6.45) is 2.15. The van der Waals surface area contributed by atoms with E-state index in [2.05, 4.69) is 4.33 Å². The third-order valence-electron chi connectivity index (χ3n) is 1.36. The number of rotatable bonds is 1. The van der Waals surface area contributed by atoms with Crippen molar-refractivity contribution in [3.8, 4) is 0 Å². The van der Waals surface area contributed by atoms with Crippen molar-refractivity contribution >= 4 is 22.8 Å². The summed E-state index contributed by atoms with van der Waals surface area (Å²) in [5, 5.41) is 8.48. The normalized spacial score (nSPS) is 36.7. The molecule has 2 nitrogen and oxygen atoms in total. The lowest BCUT2D eigenvalue weighted by Gasteiger charge is -2.12. The second-order valence-electron chi connectivity index (χ2n) is 2.12. The minimum absolute atomic E-state index is 0.217. The van der Waals surface area contributed by atoms with E-state index >= 15 is 0 Å². The van der Waals surface area contributed by atoms with Gasteiger partial charge in [0.2, 0.25) is 0 Å². The van der Waals surface area contributed by atoms with Gasteiger partial charge >= 0.3 is 0 Å². The predicted molar refractivity (Wildman–Crippen MR) is 39.7 cm³/mol. The molecule has 1 N–H and O–H groups in total. The summed E-state index contributed by atoms with van der Waals surface area (Å²) in [4.78, 5) is 0. The number of hydrogen-bond acceptors (Lipinski definition) is 2. The molecule has 1 aliphatic rings. The Morgan fingerprint density at radius 1 is 1.67 bits per heavy atom. The summed E-state index contributed by atoms with van der Waals surface area (Å²) in [7, 11) is 0. The van der Waals surface area contributed by atoms with Crippen molar-refractivity contribution in [3.63, 3.8) is 0 Å².